The fraction of sp³-hybridized carbons (Fsp3) is 0.818. The molecule has 1 fully saturated rings. The number of carboxylic acid groups (broad SMARTS) is 1. The highest BCUT2D eigenvalue weighted by molar-refractivity contribution is 5.74. The van der Waals surface area contributed by atoms with Crippen molar-refractivity contribution < 1.29 is 19.8 Å². The lowest BCUT2D eigenvalue weighted by atomic mass is 10.1. The Labute approximate surface area is 106 Å². The summed E-state index contributed by atoms with van der Waals surface area (Å²) < 4.78 is 0. The lowest BCUT2D eigenvalue weighted by Gasteiger charge is -2.12. The second-order valence-electron chi connectivity index (χ2n) is 4.70. The Morgan fingerprint density at radius 2 is 2.17 bits per heavy atom. The third kappa shape index (κ3) is 5.33. The van der Waals surface area contributed by atoms with E-state index in [1.165, 1.54) is 0 Å². The molecule has 1 aliphatic heterocycles. The van der Waals surface area contributed by atoms with Crippen LogP contribution in [0.2, 0.25) is 0 Å². The van der Waals surface area contributed by atoms with Crippen LogP contribution in [-0.2, 0) is 4.79 Å². The highest BCUT2D eigenvalue weighted by Crippen LogP contribution is 2.12. The highest BCUT2D eigenvalue weighted by atomic mass is 16.4. The minimum absolute atomic E-state index is 0.00885. The van der Waals surface area contributed by atoms with Crippen LogP contribution in [0.15, 0.2) is 0 Å². The molecule has 0 aliphatic carbocycles. The first kappa shape index (κ1) is 14.7. The molecule has 18 heavy (non-hydrogen) atoms. The minimum atomic E-state index is -1.42. The third-order valence-electron chi connectivity index (χ3n) is 3.03. The van der Waals surface area contributed by atoms with E-state index in [0.717, 1.165) is 19.5 Å². The van der Waals surface area contributed by atoms with Crippen molar-refractivity contribution in [2.24, 2.45) is 5.92 Å². The Morgan fingerprint density at radius 3 is 2.72 bits per heavy atom. The summed E-state index contributed by atoms with van der Waals surface area (Å²) in [7, 11) is 2.05. The number of rotatable bonds is 6. The van der Waals surface area contributed by atoms with Gasteiger partial charge in [0.15, 0.2) is 6.10 Å². The molecule has 1 unspecified atom stereocenters. The molecule has 1 saturated heterocycles. The van der Waals surface area contributed by atoms with Gasteiger partial charge in [0.05, 0.1) is 0 Å². The van der Waals surface area contributed by atoms with Crippen molar-refractivity contribution in [3.05, 3.63) is 0 Å². The van der Waals surface area contributed by atoms with Crippen LogP contribution in [0.3, 0.4) is 0 Å². The average Bonchev–Trinajstić information content (AvgIpc) is 2.72. The monoisotopic (exact) mass is 259 g/mol. The number of aliphatic carboxylic acids is 1. The molecule has 7 nitrogen and oxygen atoms in total. The van der Waals surface area contributed by atoms with Crippen molar-refractivity contribution in [2.45, 2.75) is 18.9 Å². The van der Waals surface area contributed by atoms with E-state index >= 15 is 0 Å². The van der Waals surface area contributed by atoms with Crippen molar-refractivity contribution in [1.29, 1.82) is 0 Å². The first-order valence-electron chi connectivity index (χ1n) is 6.10. The lowest BCUT2D eigenvalue weighted by molar-refractivity contribution is -0.146. The zero-order valence-corrected chi connectivity index (χ0v) is 10.6. The largest absolute Gasteiger partial charge is 0.479 e. The van der Waals surface area contributed by atoms with E-state index in [-0.39, 0.29) is 19.0 Å². The molecule has 0 aromatic rings. The fourth-order valence-electron chi connectivity index (χ4n) is 1.94. The molecule has 0 saturated carbocycles. The summed E-state index contributed by atoms with van der Waals surface area (Å²) in [6, 6.07) is -0.317. The van der Waals surface area contributed by atoms with Gasteiger partial charge < -0.3 is 25.7 Å². The number of aliphatic hydroxyl groups excluding tert-OH is 1. The number of likely N-dealkylation sites (tertiary alicyclic amines) is 1. The van der Waals surface area contributed by atoms with Gasteiger partial charge in [0.25, 0.3) is 0 Å². The van der Waals surface area contributed by atoms with Gasteiger partial charge in [0, 0.05) is 26.1 Å². The maximum Gasteiger partial charge on any atom is 0.332 e. The Kier molecular flexibility index (Phi) is 5.87. The average molecular weight is 259 g/mol. The number of hydrogen-bond donors (Lipinski definition) is 4. The standard InChI is InChI=1S/C11H21N3O4/c1-14-5-3-8(7-14)6-13-11(18)12-4-2-9(15)10(16)17/h8-9,15H,2-7H2,1H3,(H,16,17)(H2,12,13,18)/t8?,9-/m0/s1. The number of aliphatic hydroxyl groups is 1. The smallest absolute Gasteiger partial charge is 0.332 e. The van der Waals surface area contributed by atoms with E-state index in [1.54, 1.807) is 0 Å². The Morgan fingerprint density at radius 1 is 1.44 bits per heavy atom. The van der Waals surface area contributed by atoms with E-state index in [0.29, 0.717) is 12.5 Å². The van der Waals surface area contributed by atoms with Crippen LogP contribution in [0.25, 0.3) is 0 Å². The molecule has 2 amide bonds. The van der Waals surface area contributed by atoms with Crippen LogP contribution in [0.1, 0.15) is 12.8 Å². The second-order valence-corrected chi connectivity index (χ2v) is 4.70. The number of carbonyl (C=O) groups excluding carboxylic acids is 1. The molecule has 0 aromatic heterocycles. The molecule has 104 valence electrons. The zero-order valence-electron chi connectivity index (χ0n) is 10.6. The van der Waals surface area contributed by atoms with Crippen molar-refractivity contribution in [1.82, 2.24) is 15.5 Å². The quantitative estimate of drug-likeness (QED) is 0.494. The van der Waals surface area contributed by atoms with Crippen molar-refractivity contribution in [3.8, 4) is 0 Å². The molecule has 0 spiro atoms. The van der Waals surface area contributed by atoms with Gasteiger partial charge in [0.2, 0.25) is 0 Å². The maximum absolute atomic E-state index is 11.4. The van der Waals surface area contributed by atoms with E-state index < -0.39 is 12.1 Å². The van der Waals surface area contributed by atoms with Crippen LogP contribution in [-0.4, -0.2) is 66.4 Å². The van der Waals surface area contributed by atoms with Crippen molar-refractivity contribution >= 4 is 12.0 Å². The predicted molar refractivity (Wildman–Crippen MR) is 65.3 cm³/mol. The molecule has 1 heterocycles. The van der Waals surface area contributed by atoms with Crippen LogP contribution < -0.4 is 10.6 Å². The molecule has 1 aliphatic rings. The van der Waals surface area contributed by atoms with Gasteiger partial charge in [-0.15, -0.1) is 0 Å². The molecule has 4 N–H and O–H groups in total. The molecular weight excluding hydrogens is 238 g/mol. The highest BCUT2D eigenvalue weighted by Gasteiger charge is 2.19. The lowest BCUT2D eigenvalue weighted by Crippen LogP contribution is -2.40. The number of amides is 2. The van der Waals surface area contributed by atoms with Crippen molar-refractivity contribution in [2.75, 3.05) is 33.2 Å². The maximum atomic E-state index is 11.4. The third-order valence-corrected chi connectivity index (χ3v) is 3.03. The number of nitrogens with one attached hydrogen (secondary N) is 2. The van der Waals surface area contributed by atoms with Gasteiger partial charge in [0.1, 0.15) is 0 Å². The van der Waals surface area contributed by atoms with Gasteiger partial charge in [-0.25, -0.2) is 9.59 Å². The Bertz CT molecular complexity index is 298. The number of hydrogen-bond acceptors (Lipinski definition) is 4. The van der Waals surface area contributed by atoms with Crippen LogP contribution in [0, 0.1) is 5.92 Å². The zero-order chi connectivity index (χ0) is 13.5. The molecule has 0 bridgehead atoms. The summed E-state index contributed by atoms with van der Waals surface area (Å²) in [6.45, 7) is 2.80. The topological polar surface area (TPSA) is 102 Å². The summed E-state index contributed by atoms with van der Waals surface area (Å²) in [5.41, 5.74) is 0. The van der Waals surface area contributed by atoms with E-state index in [9.17, 15) is 9.59 Å². The van der Waals surface area contributed by atoms with Gasteiger partial charge in [-0.3, -0.25) is 0 Å². The molecular formula is C11H21N3O4. The second kappa shape index (κ2) is 7.17. The Hall–Kier alpha value is -1.34. The number of carboxylic acids is 1. The van der Waals surface area contributed by atoms with E-state index in [2.05, 4.69) is 15.5 Å². The Balaban J connectivity index is 2.05. The summed E-state index contributed by atoms with van der Waals surface area (Å²) in [5.74, 6) is -0.795. The van der Waals surface area contributed by atoms with E-state index in [1.807, 2.05) is 7.05 Å². The summed E-state index contributed by atoms with van der Waals surface area (Å²) >= 11 is 0. The first-order valence-corrected chi connectivity index (χ1v) is 6.10. The van der Waals surface area contributed by atoms with Crippen LogP contribution in [0.5, 0.6) is 0 Å². The summed E-state index contributed by atoms with van der Waals surface area (Å²) in [6.07, 6.45) is -0.336. The van der Waals surface area contributed by atoms with Gasteiger partial charge in [-0.2, -0.15) is 0 Å². The molecule has 2 atom stereocenters. The molecule has 0 radical (unpaired) electrons. The first-order chi connectivity index (χ1) is 8.49. The predicted octanol–water partition coefficient (Wildman–Crippen LogP) is -0.927. The van der Waals surface area contributed by atoms with Gasteiger partial charge in [-0.1, -0.05) is 0 Å². The summed E-state index contributed by atoms with van der Waals surface area (Å²) in [5, 5.41) is 22.7. The minimum Gasteiger partial charge on any atom is -0.479 e. The molecule has 0 aromatic carbocycles. The number of nitrogens with zero attached hydrogens (tertiary/aromatic N) is 1. The van der Waals surface area contributed by atoms with Crippen LogP contribution >= 0.6 is 0 Å². The summed E-state index contributed by atoms with van der Waals surface area (Å²) in [4.78, 5) is 23.9. The fourth-order valence-corrected chi connectivity index (χ4v) is 1.94. The number of carbonyl (C=O) groups is 2. The van der Waals surface area contributed by atoms with Crippen LogP contribution in [0.4, 0.5) is 4.79 Å². The number of urea groups is 1. The molecule has 7 heteroatoms. The van der Waals surface area contributed by atoms with Crippen molar-refractivity contribution in [3.63, 3.8) is 0 Å². The van der Waals surface area contributed by atoms with Gasteiger partial charge in [-0.05, 0) is 25.9 Å². The SMILES string of the molecule is CN1CCC(CNC(=O)NCC[C@H](O)C(=O)O)C1. The van der Waals surface area contributed by atoms with E-state index in [4.69, 9.17) is 10.2 Å². The normalized spacial score (nSPS) is 21.6. The molecule has 1 rings (SSSR count). The van der Waals surface area contributed by atoms with Gasteiger partial charge >= 0.3 is 12.0 Å².